The van der Waals surface area contributed by atoms with E-state index in [1.165, 1.54) is 37.3 Å². The molecule has 0 radical (unpaired) electrons. The van der Waals surface area contributed by atoms with Crippen molar-refractivity contribution in [2.24, 2.45) is 0 Å². The summed E-state index contributed by atoms with van der Waals surface area (Å²) in [5, 5.41) is 4.11. The Balaban J connectivity index is 1.50. The molecule has 1 aliphatic heterocycles. The first-order valence-electron chi connectivity index (χ1n) is 8.84. The normalized spacial score (nSPS) is 15.0. The first-order chi connectivity index (χ1) is 12.3. The lowest BCUT2D eigenvalue weighted by molar-refractivity contribution is 0.0956. The van der Waals surface area contributed by atoms with Gasteiger partial charge in [0.15, 0.2) is 0 Å². The van der Waals surface area contributed by atoms with Crippen molar-refractivity contribution in [1.29, 1.82) is 0 Å². The van der Waals surface area contributed by atoms with Crippen LogP contribution in [0.4, 0.5) is 0 Å². The molecule has 1 saturated heterocycles. The predicted octanol–water partition coefficient (Wildman–Crippen LogP) is 3.30. The van der Waals surface area contributed by atoms with Gasteiger partial charge in [0.25, 0.3) is 5.91 Å². The maximum absolute atomic E-state index is 12.8. The summed E-state index contributed by atoms with van der Waals surface area (Å²) < 4.78 is 2.00. The minimum Gasteiger partial charge on any atom is -0.351 e. The number of thiophene rings is 1. The van der Waals surface area contributed by atoms with Gasteiger partial charge in [-0.2, -0.15) is 0 Å². The Morgan fingerprint density at radius 2 is 2.00 bits per heavy atom. The molecule has 0 aromatic carbocycles. The van der Waals surface area contributed by atoms with Gasteiger partial charge in [0.1, 0.15) is 9.71 Å². The number of rotatable bonds is 6. The minimum absolute atomic E-state index is 0.00637. The number of aromatic nitrogens is 2. The summed E-state index contributed by atoms with van der Waals surface area (Å²) in [5.41, 5.74) is 0.926. The molecule has 0 saturated carbocycles. The second-order valence-electron chi connectivity index (χ2n) is 6.38. The van der Waals surface area contributed by atoms with Gasteiger partial charge in [-0.1, -0.05) is 0 Å². The summed E-state index contributed by atoms with van der Waals surface area (Å²) in [6.45, 7) is 4.18. The lowest BCUT2D eigenvalue weighted by atomic mass is 10.2. The van der Waals surface area contributed by atoms with Crippen LogP contribution in [0.1, 0.15) is 28.9 Å². The number of fused-ring (bicyclic) bond motifs is 1. The Labute approximate surface area is 151 Å². The van der Waals surface area contributed by atoms with Gasteiger partial charge >= 0.3 is 0 Å². The smallest absolute Gasteiger partial charge is 0.263 e. The molecule has 1 fully saturated rings. The van der Waals surface area contributed by atoms with Gasteiger partial charge in [-0.25, -0.2) is 4.98 Å². The van der Waals surface area contributed by atoms with E-state index in [1.807, 2.05) is 41.2 Å². The molecule has 0 atom stereocenters. The molecule has 25 heavy (non-hydrogen) atoms. The first-order valence-corrected chi connectivity index (χ1v) is 9.66. The monoisotopic (exact) mass is 354 g/mol. The van der Waals surface area contributed by atoms with E-state index in [1.54, 1.807) is 6.20 Å². The van der Waals surface area contributed by atoms with Crippen molar-refractivity contribution in [1.82, 2.24) is 19.8 Å². The molecule has 1 N–H and O–H groups in total. The number of nitrogens with zero attached hydrogens (tertiary/aromatic N) is 3. The third-order valence-electron chi connectivity index (χ3n) is 4.64. The zero-order valence-electron chi connectivity index (χ0n) is 14.1. The van der Waals surface area contributed by atoms with Crippen LogP contribution in [0.2, 0.25) is 0 Å². The molecule has 5 nitrogen and oxygen atoms in total. The van der Waals surface area contributed by atoms with Crippen molar-refractivity contribution < 1.29 is 4.79 Å². The summed E-state index contributed by atoms with van der Waals surface area (Å²) in [6, 6.07) is 7.88. The molecule has 1 amide bonds. The van der Waals surface area contributed by atoms with Crippen LogP contribution in [-0.4, -0.2) is 46.5 Å². The van der Waals surface area contributed by atoms with Crippen molar-refractivity contribution in [3.05, 3.63) is 47.7 Å². The van der Waals surface area contributed by atoms with E-state index < -0.39 is 0 Å². The molecule has 0 unspecified atom stereocenters. The average Bonchev–Trinajstić information content (AvgIpc) is 3.38. The van der Waals surface area contributed by atoms with Crippen LogP contribution in [-0.2, 0) is 0 Å². The summed E-state index contributed by atoms with van der Waals surface area (Å²) >= 11 is 1.46. The average molecular weight is 354 g/mol. The molecule has 130 valence electrons. The highest BCUT2D eigenvalue weighted by atomic mass is 32.1. The largest absolute Gasteiger partial charge is 0.351 e. The third kappa shape index (κ3) is 3.45. The van der Waals surface area contributed by atoms with Gasteiger partial charge < -0.3 is 14.8 Å². The molecule has 0 bridgehead atoms. The molecule has 3 aromatic rings. The topological polar surface area (TPSA) is 50.2 Å². The maximum Gasteiger partial charge on any atom is 0.263 e. The van der Waals surface area contributed by atoms with Gasteiger partial charge in [-0.15, -0.1) is 11.3 Å². The number of carbonyl (C=O) groups excluding carboxylic acids is 1. The Hall–Kier alpha value is -2.18. The maximum atomic E-state index is 12.8. The highest BCUT2D eigenvalue weighted by Crippen LogP contribution is 2.32. The highest BCUT2D eigenvalue weighted by molar-refractivity contribution is 7.21. The van der Waals surface area contributed by atoms with Gasteiger partial charge in [-0.05, 0) is 63.2 Å². The summed E-state index contributed by atoms with van der Waals surface area (Å²) in [7, 11) is 0. The Morgan fingerprint density at radius 3 is 2.80 bits per heavy atom. The summed E-state index contributed by atoms with van der Waals surface area (Å²) in [4.78, 5) is 21.3. The van der Waals surface area contributed by atoms with Crippen molar-refractivity contribution in [3.8, 4) is 5.69 Å². The van der Waals surface area contributed by atoms with Crippen LogP contribution < -0.4 is 5.32 Å². The lowest BCUT2D eigenvalue weighted by Crippen LogP contribution is -2.28. The van der Waals surface area contributed by atoms with E-state index in [4.69, 9.17) is 0 Å². The lowest BCUT2D eigenvalue weighted by Gasteiger charge is -2.14. The van der Waals surface area contributed by atoms with Gasteiger partial charge in [-0.3, -0.25) is 4.79 Å². The van der Waals surface area contributed by atoms with Crippen LogP contribution in [0.3, 0.4) is 0 Å². The first kappa shape index (κ1) is 16.3. The van der Waals surface area contributed by atoms with Crippen LogP contribution in [0, 0.1) is 0 Å². The minimum atomic E-state index is -0.00637. The van der Waals surface area contributed by atoms with E-state index in [2.05, 4.69) is 15.2 Å². The highest BCUT2D eigenvalue weighted by Gasteiger charge is 2.20. The fourth-order valence-corrected chi connectivity index (χ4v) is 4.46. The zero-order valence-corrected chi connectivity index (χ0v) is 15.0. The van der Waals surface area contributed by atoms with E-state index in [0.717, 1.165) is 33.7 Å². The van der Waals surface area contributed by atoms with Gasteiger partial charge in [0.05, 0.1) is 5.69 Å². The van der Waals surface area contributed by atoms with Gasteiger partial charge in [0, 0.05) is 30.5 Å². The van der Waals surface area contributed by atoms with E-state index in [0.29, 0.717) is 6.54 Å². The van der Waals surface area contributed by atoms with Crippen molar-refractivity contribution in [2.75, 3.05) is 26.2 Å². The molecule has 3 aromatic heterocycles. The number of hydrogen-bond donors (Lipinski definition) is 1. The Bertz CT molecular complexity index is 850. The number of carbonyl (C=O) groups is 1. The Morgan fingerprint density at radius 1 is 1.20 bits per heavy atom. The van der Waals surface area contributed by atoms with Crippen LogP contribution >= 0.6 is 11.3 Å². The molecule has 0 aliphatic carbocycles. The predicted molar refractivity (Wildman–Crippen MR) is 102 cm³/mol. The Kier molecular flexibility index (Phi) is 4.81. The van der Waals surface area contributed by atoms with Crippen molar-refractivity contribution in [2.45, 2.75) is 19.3 Å². The number of amides is 1. The molecule has 1 aliphatic rings. The SMILES string of the molecule is O=C(NCCCN1CCCC1)c1sc2ncccc2c1-n1cccc1. The quantitative estimate of drug-likeness (QED) is 0.691. The third-order valence-corrected chi connectivity index (χ3v) is 5.75. The fourth-order valence-electron chi connectivity index (χ4n) is 3.40. The van der Waals surface area contributed by atoms with Crippen LogP contribution in [0.15, 0.2) is 42.9 Å². The van der Waals surface area contributed by atoms with E-state index >= 15 is 0 Å². The fraction of sp³-hybridized carbons (Fsp3) is 0.368. The molecular formula is C19H22N4OS. The summed E-state index contributed by atoms with van der Waals surface area (Å²) in [6.07, 6.45) is 9.32. The zero-order chi connectivity index (χ0) is 17.1. The van der Waals surface area contributed by atoms with Crippen LogP contribution in [0.25, 0.3) is 15.9 Å². The number of likely N-dealkylation sites (tertiary alicyclic amines) is 1. The number of hydrogen-bond acceptors (Lipinski definition) is 4. The molecular weight excluding hydrogens is 332 g/mol. The van der Waals surface area contributed by atoms with Crippen molar-refractivity contribution in [3.63, 3.8) is 0 Å². The van der Waals surface area contributed by atoms with Gasteiger partial charge in [0.2, 0.25) is 0 Å². The second kappa shape index (κ2) is 7.37. The van der Waals surface area contributed by atoms with Crippen LogP contribution in [0.5, 0.6) is 0 Å². The standard InChI is InChI=1S/C19H22N4OS/c24-18(20-9-6-12-22-10-1-2-11-22)17-16(23-13-3-4-14-23)15-7-5-8-21-19(15)25-17/h3-5,7-8,13-14H,1-2,6,9-12H2,(H,20,24). The number of pyridine rings is 1. The summed E-state index contributed by atoms with van der Waals surface area (Å²) in [5.74, 6) is -0.00637. The molecule has 6 heteroatoms. The number of nitrogens with one attached hydrogen (secondary N) is 1. The van der Waals surface area contributed by atoms with Crippen molar-refractivity contribution >= 4 is 27.5 Å². The molecule has 4 rings (SSSR count). The van der Waals surface area contributed by atoms with E-state index in [9.17, 15) is 4.79 Å². The molecule has 4 heterocycles. The molecule has 0 spiro atoms. The second-order valence-corrected chi connectivity index (χ2v) is 7.38. The van der Waals surface area contributed by atoms with E-state index in [-0.39, 0.29) is 5.91 Å².